The molecule has 11 heavy (non-hydrogen) atoms. The minimum atomic E-state index is 0. The molecule has 1 heteroatoms. The SMILES string of the molecule is CCCCCC1CCCC1.N. The minimum absolute atomic E-state index is 0. The van der Waals surface area contributed by atoms with E-state index in [1.54, 1.807) is 0 Å². The Bertz CT molecular complexity index is 74.9. The van der Waals surface area contributed by atoms with Crippen molar-refractivity contribution in [3.63, 3.8) is 0 Å². The summed E-state index contributed by atoms with van der Waals surface area (Å²) >= 11 is 0. The molecule has 68 valence electrons. The number of hydrogen-bond donors (Lipinski definition) is 1. The highest BCUT2D eigenvalue weighted by Crippen LogP contribution is 2.28. The topological polar surface area (TPSA) is 35.0 Å². The molecular weight excluding hydrogens is 134 g/mol. The molecule has 0 aliphatic heterocycles. The van der Waals surface area contributed by atoms with Crippen molar-refractivity contribution in [3.05, 3.63) is 0 Å². The second-order valence-corrected chi connectivity index (χ2v) is 3.65. The van der Waals surface area contributed by atoms with Crippen LogP contribution in [0.1, 0.15) is 58.3 Å². The Morgan fingerprint density at radius 3 is 2.27 bits per heavy atom. The molecule has 0 aromatic carbocycles. The molecule has 0 atom stereocenters. The lowest BCUT2D eigenvalue weighted by Gasteiger charge is -2.06. The summed E-state index contributed by atoms with van der Waals surface area (Å²) < 4.78 is 0. The summed E-state index contributed by atoms with van der Waals surface area (Å²) in [6.45, 7) is 2.29. The van der Waals surface area contributed by atoms with Crippen LogP contribution in [-0.2, 0) is 0 Å². The van der Waals surface area contributed by atoms with Crippen LogP contribution in [0.3, 0.4) is 0 Å². The van der Waals surface area contributed by atoms with Gasteiger partial charge in [0, 0.05) is 0 Å². The van der Waals surface area contributed by atoms with E-state index in [2.05, 4.69) is 6.92 Å². The van der Waals surface area contributed by atoms with Gasteiger partial charge >= 0.3 is 0 Å². The normalized spacial score (nSPS) is 18.3. The summed E-state index contributed by atoms with van der Waals surface area (Å²) in [5, 5.41) is 0. The molecule has 1 rings (SSSR count). The van der Waals surface area contributed by atoms with Gasteiger partial charge in [0.1, 0.15) is 0 Å². The van der Waals surface area contributed by atoms with Gasteiger partial charge in [-0.05, 0) is 5.92 Å². The Labute approximate surface area is 71.2 Å². The number of rotatable bonds is 4. The molecule has 1 fully saturated rings. The van der Waals surface area contributed by atoms with E-state index in [0.29, 0.717) is 0 Å². The zero-order chi connectivity index (χ0) is 7.23. The Kier molecular flexibility index (Phi) is 6.63. The summed E-state index contributed by atoms with van der Waals surface area (Å²) in [6, 6.07) is 0. The minimum Gasteiger partial charge on any atom is -0.344 e. The van der Waals surface area contributed by atoms with E-state index in [9.17, 15) is 0 Å². The first-order valence-corrected chi connectivity index (χ1v) is 4.93. The van der Waals surface area contributed by atoms with Crippen LogP contribution in [0.25, 0.3) is 0 Å². The Hall–Kier alpha value is -0.0400. The molecule has 3 N–H and O–H groups in total. The highest BCUT2D eigenvalue weighted by atomic mass is 14.2. The van der Waals surface area contributed by atoms with Crippen molar-refractivity contribution >= 4 is 0 Å². The average molecular weight is 157 g/mol. The lowest BCUT2D eigenvalue weighted by atomic mass is 10.0. The maximum Gasteiger partial charge on any atom is -0.0414 e. The monoisotopic (exact) mass is 157 g/mol. The first-order valence-electron chi connectivity index (χ1n) is 4.93. The van der Waals surface area contributed by atoms with Crippen molar-refractivity contribution in [2.24, 2.45) is 5.92 Å². The second kappa shape index (κ2) is 6.66. The predicted octanol–water partition coefficient (Wildman–Crippen LogP) is 3.92. The molecular formula is C10H23N. The number of unbranched alkanes of at least 4 members (excludes halogenated alkanes) is 2. The van der Waals surface area contributed by atoms with Gasteiger partial charge in [0.15, 0.2) is 0 Å². The lowest BCUT2D eigenvalue weighted by molar-refractivity contribution is 0.471. The van der Waals surface area contributed by atoms with Gasteiger partial charge in [0.05, 0.1) is 0 Å². The zero-order valence-electron chi connectivity index (χ0n) is 7.94. The largest absolute Gasteiger partial charge is 0.344 e. The van der Waals surface area contributed by atoms with Gasteiger partial charge in [-0.3, -0.25) is 0 Å². The third kappa shape index (κ3) is 4.41. The van der Waals surface area contributed by atoms with Crippen molar-refractivity contribution < 1.29 is 0 Å². The van der Waals surface area contributed by atoms with Crippen LogP contribution in [0.4, 0.5) is 0 Å². The quantitative estimate of drug-likeness (QED) is 0.617. The Morgan fingerprint density at radius 2 is 1.73 bits per heavy atom. The summed E-state index contributed by atoms with van der Waals surface area (Å²) in [5.41, 5.74) is 0. The Morgan fingerprint density at radius 1 is 1.09 bits per heavy atom. The highest BCUT2D eigenvalue weighted by Gasteiger charge is 2.13. The van der Waals surface area contributed by atoms with Gasteiger partial charge < -0.3 is 6.15 Å². The lowest BCUT2D eigenvalue weighted by Crippen LogP contribution is -1.91. The van der Waals surface area contributed by atoms with Crippen molar-refractivity contribution in [3.8, 4) is 0 Å². The fourth-order valence-electron chi connectivity index (χ4n) is 1.98. The zero-order valence-corrected chi connectivity index (χ0v) is 7.94. The standard InChI is InChI=1S/C10H20.H3N/c1-2-3-4-7-10-8-5-6-9-10;/h10H,2-9H2,1H3;1H3. The van der Waals surface area contributed by atoms with Crippen LogP contribution in [0, 0.1) is 5.92 Å². The molecule has 0 heterocycles. The van der Waals surface area contributed by atoms with Crippen LogP contribution < -0.4 is 6.15 Å². The fraction of sp³-hybridized carbons (Fsp3) is 1.00. The number of hydrogen-bond acceptors (Lipinski definition) is 1. The van der Waals surface area contributed by atoms with Crippen molar-refractivity contribution in [1.29, 1.82) is 0 Å². The van der Waals surface area contributed by atoms with E-state index < -0.39 is 0 Å². The van der Waals surface area contributed by atoms with Crippen molar-refractivity contribution in [1.82, 2.24) is 6.15 Å². The summed E-state index contributed by atoms with van der Waals surface area (Å²) in [7, 11) is 0. The first-order chi connectivity index (χ1) is 4.93. The van der Waals surface area contributed by atoms with Crippen molar-refractivity contribution in [2.75, 3.05) is 0 Å². The summed E-state index contributed by atoms with van der Waals surface area (Å²) in [4.78, 5) is 0. The van der Waals surface area contributed by atoms with E-state index in [-0.39, 0.29) is 6.15 Å². The summed E-state index contributed by atoms with van der Waals surface area (Å²) in [5.74, 6) is 1.12. The van der Waals surface area contributed by atoms with Crippen LogP contribution >= 0.6 is 0 Å². The van der Waals surface area contributed by atoms with Crippen LogP contribution in [0.5, 0.6) is 0 Å². The summed E-state index contributed by atoms with van der Waals surface area (Å²) in [6.07, 6.45) is 11.9. The molecule has 0 saturated heterocycles. The van der Waals surface area contributed by atoms with Gasteiger partial charge in [0.25, 0.3) is 0 Å². The molecule has 0 aromatic rings. The van der Waals surface area contributed by atoms with E-state index >= 15 is 0 Å². The van der Waals surface area contributed by atoms with Gasteiger partial charge in [-0.1, -0.05) is 58.3 Å². The van der Waals surface area contributed by atoms with E-state index in [4.69, 9.17) is 0 Å². The molecule has 1 saturated carbocycles. The van der Waals surface area contributed by atoms with E-state index in [0.717, 1.165) is 5.92 Å². The first kappa shape index (κ1) is 11.0. The van der Waals surface area contributed by atoms with Gasteiger partial charge in [0.2, 0.25) is 0 Å². The fourth-order valence-corrected chi connectivity index (χ4v) is 1.98. The van der Waals surface area contributed by atoms with Crippen LogP contribution in [0.15, 0.2) is 0 Å². The molecule has 0 aromatic heterocycles. The molecule has 1 aliphatic carbocycles. The third-order valence-corrected chi connectivity index (χ3v) is 2.69. The van der Waals surface area contributed by atoms with Crippen LogP contribution in [0.2, 0.25) is 0 Å². The molecule has 0 radical (unpaired) electrons. The van der Waals surface area contributed by atoms with Gasteiger partial charge in [-0.2, -0.15) is 0 Å². The molecule has 0 amide bonds. The Balaban J connectivity index is 0.000001000. The van der Waals surface area contributed by atoms with E-state index in [1.807, 2.05) is 0 Å². The molecule has 0 unspecified atom stereocenters. The molecule has 0 bridgehead atoms. The molecule has 0 spiro atoms. The van der Waals surface area contributed by atoms with Gasteiger partial charge in [-0.15, -0.1) is 0 Å². The third-order valence-electron chi connectivity index (χ3n) is 2.69. The predicted molar refractivity (Wildman–Crippen MR) is 51.1 cm³/mol. The maximum absolute atomic E-state index is 2.29. The maximum atomic E-state index is 2.29. The van der Waals surface area contributed by atoms with E-state index in [1.165, 1.54) is 51.4 Å². The smallest absolute Gasteiger partial charge is 0.0414 e. The molecule has 1 aliphatic rings. The van der Waals surface area contributed by atoms with Crippen molar-refractivity contribution in [2.45, 2.75) is 58.3 Å². The second-order valence-electron chi connectivity index (χ2n) is 3.65. The van der Waals surface area contributed by atoms with Gasteiger partial charge in [-0.25, -0.2) is 0 Å². The highest BCUT2D eigenvalue weighted by molar-refractivity contribution is 4.66. The van der Waals surface area contributed by atoms with Crippen LogP contribution in [-0.4, -0.2) is 0 Å². The average Bonchev–Trinajstić information content (AvgIpc) is 2.41. The molecule has 1 nitrogen and oxygen atoms in total.